The van der Waals surface area contributed by atoms with Crippen molar-refractivity contribution in [2.75, 3.05) is 6.54 Å². The van der Waals surface area contributed by atoms with Crippen LogP contribution in [0.25, 0.3) is 0 Å². The molecule has 5 N–H and O–H groups in total. The molecule has 19 heavy (non-hydrogen) atoms. The molecule has 0 aliphatic rings. The Morgan fingerprint density at radius 2 is 2.11 bits per heavy atom. The summed E-state index contributed by atoms with van der Waals surface area (Å²) in [6, 6.07) is 1.05. The summed E-state index contributed by atoms with van der Waals surface area (Å²) >= 11 is 0. The number of carboxylic acid groups (broad SMARTS) is 1. The molecule has 0 saturated heterocycles. The van der Waals surface area contributed by atoms with Crippen molar-refractivity contribution in [1.82, 2.24) is 9.88 Å². The summed E-state index contributed by atoms with van der Waals surface area (Å²) in [6.07, 6.45) is -0.584. The average Bonchev–Trinajstić information content (AvgIpc) is 2.67. The number of nitrogens with one attached hydrogen (secondary N) is 1. The highest BCUT2D eigenvalue weighted by atomic mass is 32.2. The molecule has 1 aromatic rings. The molecule has 10 heteroatoms. The lowest BCUT2D eigenvalue weighted by Crippen LogP contribution is -2.37. The number of aliphatic hydroxyl groups excluding tert-OH is 1. The SMILES string of the molecule is Cn1cc(S(N)(=O)=O)cc1C(=O)NC[C@H](O)C(=O)O. The monoisotopic (exact) mass is 291 g/mol. The Hall–Kier alpha value is -1.91. The fraction of sp³-hybridized carbons (Fsp3) is 0.333. The van der Waals surface area contributed by atoms with Crippen LogP contribution in [0, 0.1) is 0 Å². The molecule has 0 bridgehead atoms. The molecule has 106 valence electrons. The number of carbonyl (C=O) groups excluding carboxylic acids is 1. The van der Waals surface area contributed by atoms with Crippen molar-refractivity contribution in [1.29, 1.82) is 0 Å². The van der Waals surface area contributed by atoms with E-state index in [0.29, 0.717) is 0 Å². The van der Waals surface area contributed by atoms with Crippen molar-refractivity contribution < 1.29 is 28.2 Å². The van der Waals surface area contributed by atoms with E-state index < -0.39 is 34.5 Å². The van der Waals surface area contributed by atoms with Crippen molar-refractivity contribution in [2.45, 2.75) is 11.0 Å². The number of sulfonamides is 1. The molecular formula is C9H13N3O6S. The Labute approximate surface area is 108 Å². The van der Waals surface area contributed by atoms with Gasteiger partial charge in [-0.25, -0.2) is 18.4 Å². The highest BCUT2D eigenvalue weighted by Gasteiger charge is 2.19. The van der Waals surface area contributed by atoms with Gasteiger partial charge >= 0.3 is 5.97 Å². The van der Waals surface area contributed by atoms with Crippen LogP contribution in [0.1, 0.15) is 10.5 Å². The number of aromatic nitrogens is 1. The maximum absolute atomic E-state index is 11.7. The molecular weight excluding hydrogens is 278 g/mol. The Bertz CT molecular complexity index is 605. The predicted molar refractivity (Wildman–Crippen MR) is 62.8 cm³/mol. The number of aliphatic hydroxyl groups is 1. The van der Waals surface area contributed by atoms with Crippen LogP contribution in [0.2, 0.25) is 0 Å². The number of aryl methyl sites for hydroxylation is 1. The van der Waals surface area contributed by atoms with Crippen LogP contribution in [-0.2, 0) is 21.9 Å². The zero-order valence-corrected chi connectivity index (χ0v) is 10.7. The Morgan fingerprint density at radius 3 is 2.53 bits per heavy atom. The molecule has 9 nitrogen and oxygen atoms in total. The van der Waals surface area contributed by atoms with E-state index in [4.69, 9.17) is 15.4 Å². The lowest BCUT2D eigenvalue weighted by molar-refractivity contribution is -0.146. The van der Waals surface area contributed by atoms with Crippen molar-refractivity contribution in [3.8, 4) is 0 Å². The van der Waals surface area contributed by atoms with Crippen molar-refractivity contribution in [3.63, 3.8) is 0 Å². The second-order valence-corrected chi connectivity index (χ2v) is 5.34. The van der Waals surface area contributed by atoms with Gasteiger partial charge in [-0.05, 0) is 6.07 Å². The minimum Gasteiger partial charge on any atom is -0.479 e. The number of hydrogen-bond acceptors (Lipinski definition) is 5. The second kappa shape index (κ2) is 5.38. The van der Waals surface area contributed by atoms with Crippen LogP contribution in [0.3, 0.4) is 0 Å². The van der Waals surface area contributed by atoms with Gasteiger partial charge in [-0.15, -0.1) is 0 Å². The predicted octanol–water partition coefficient (Wildman–Crippen LogP) is -2.15. The quantitative estimate of drug-likeness (QED) is 0.485. The van der Waals surface area contributed by atoms with Gasteiger partial charge in [0.15, 0.2) is 6.10 Å². The third-order valence-corrected chi connectivity index (χ3v) is 3.16. The summed E-state index contributed by atoms with van der Waals surface area (Å²) in [5, 5.41) is 24.5. The van der Waals surface area contributed by atoms with E-state index in [9.17, 15) is 18.0 Å². The molecule has 0 saturated carbocycles. The maximum atomic E-state index is 11.7. The van der Waals surface area contributed by atoms with Crippen LogP contribution in [0.5, 0.6) is 0 Å². The highest BCUT2D eigenvalue weighted by Crippen LogP contribution is 2.11. The number of hydrogen-bond donors (Lipinski definition) is 4. The number of nitrogens with zero attached hydrogens (tertiary/aromatic N) is 1. The standard InChI is InChI=1S/C9H13N3O6S/c1-12-4-5(19(10,17)18)2-6(12)8(14)11-3-7(13)9(15)16/h2,4,7,13H,3H2,1H3,(H,11,14)(H,15,16)(H2,10,17,18)/t7-/m0/s1. The van der Waals surface area contributed by atoms with E-state index in [0.717, 1.165) is 12.3 Å². The Kier molecular flexibility index (Phi) is 4.29. The molecule has 1 amide bonds. The van der Waals surface area contributed by atoms with Crippen LogP contribution < -0.4 is 10.5 Å². The first kappa shape index (κ1) is 15.1. The van der Waals surface area contributed by atoms with Gasteiger partial charge in [0.2, 0.25) is 10.0 Å². The molecule has 0 radical (unpaired) electrons. The summed E-state index contributed by atoms with van der Waals surface area (Å²) in [5.41, 5.74) is -0.0263. The minimum absolute atomic E-state index is 0.0263. The maximum Gasteiger partial charge on any atom is 0.334 e. The Morgan fingerprint density at radius 1 is 1.53 bits per heavy atom. The average molecular weight is 291 g/mol. The summed E-state index contributed by atoms with van der Waals surface area (Å²) in [6.45, 7) is -0.496. The van der Waals surface area contributed by atoms with E-state index in [1.54, 1.807) is 0 Å². The fourth-order valence-electron chi connectivity index (χ4n) is 1.28. The van der Waals surface area contributed by atoms with Gasteiger partial charge in [0.25, 0.3) is 5.91 Å². The highest BCUT2D eigenvalue weighted by molar-refractivity contribution is 7.89. The van der Waals surface area contributed by atoms with Crippen LogP contribution in [0.4, 0.5) is 0 Å². The number of carbonyl (C=O) groups is 2. The molecule has 0 unspecified atom stereocenters. The van der Waals surface area contributed by atoms with Crippen LogP contribution >= 0.6 is 0 Å². The first-order valence-corrected chi connectivity index (χ1v) is 6.56. The molecule has 0 aliphatic carbocycles. The molecule has 0 fully saturated rings. The van der Waals surface area contributed by atoms with Crippen LogP contribution in [-0.4, -0.2) is 47.7 Å². The van der Waals surface area contributed by atoms with Gasteiger partial charge in [-0.1, -0.05) is 0 Å². The van der Waals surface area contributed by atoms with Gasteiger partial charge in [0.1, 0.15) is 10.6 Å². The number of nitrogens with two attached hydrogens (primary N) is 1. The smallest absolute Gasteiger partial charge is 0.334 e. The van der Waals surface area contributed by atoms with Gasteiger partial charge < -0.3 is 20.1 Å². The minimum atomic E-state index is -3.93. The normalized spacial score (nSPS) is 13.0. The number of carboxylic acids is 1. The summed E-state index contributed by atoms with van der Waals surface area (Å²) in [5.74, 6) is -2.20. The number of amides is 1. The van der Waals surface area contributed by atoms with Gasteiger partial charge in [-0.3, -0.25) is 4.79 Å². The molecule has 1 heterocycles. The van der Waals surface area contributed by atoms with Gasteiger partial charge in [-0.2, -0.15) is 0 Å². The molecule has 1 rings (SSSR count). The number of rotatable bonds is 5. The topological polar surface area (TPSA) is 152 Å². The lowest BCUT2D eigenvalue weighted by atomic mass is 10.3. The molecule has 1 aromatic heterocycles. The summed E-state index contributed by atoms with van der Waals surface area (Å²) in [7, 11) is -2.50. The zero-order valence-electron chi connectivity index (χ0n) is 9.90. The molecule has 0 spiro atoms. The van der Waals surface area contributed by atoms with Gasteiger partial charge in [0.05, 0.1) is 6.54 Å². The van der Waals surface area contributed by atoms with E-state index in [-0.39, 0.29) is 10.6 Å². The summed E-state index contributed by atoms with van der Waals surface area (Å²) < 4.78 is 23.4. The fourth-order valence-corrected chi connectivity index (χ4v) is 1.86. The van der Waals surface area contributed by atoms with E-state index in [2.05, 4.69) is 5.32 Å². The van der Waals surface area contributed by atoms with Crippen molar-refractivity contribution in [3.05, 3.63) is 18.0 Å². The second-order valence-electron chi connectivity index (χ2n) is 3.78. The van der Waals surface area contributed by atoms with Gasteiger partial charge in [0, 0.05) is 13.2 Å². The summed E-state index contributed by atoms with van der Waals surface area (Å²) in [4.78, 5) is 21.8. The Balaban J connectivity index is 2.84. The molecule has 0 aliphatic heterocycles. The first-order chi connectivity index (χ1) is 8.62. The zero-order chi connectivity index (χ0) is 14.8. The van der Waals surface area contributed by atoms with Crippen LogP contribution in [0.15, 0.2) is 17.2 Å². The molecule has 0 aromatic carbocycles. The third-order valence-electron chi connectivity index (χ3n) is 2.28. The van der Waals surface area contributed by atoms with E-state index >= 15 is 0 Å². The number of aliphatic carboxylic acids is 1. The third kappa shape index (κ3) is 3.77. The number of primary sulfonamides is 1. The lowest BCUT2D eigenvalue weighted by Gasteiger charge is -2.07. The van der Waals surface area contributed by atoms with Crippen molar-refractivity contribution >= 4 is 21.9 Å². The van der Waals surface area contributed by atoms with Crippen molar-refractivity contribution in [2.24, 2.45) is 12.2 Å². The van der Waals surface area contributed by atoms with E-state index in [1.165, 1.54) is 11.6 Å². The molecule has 1 atom stereocenters. The van der Waals surface area contributed by atoms with E-state index in [1.807, 2.05) is 0 Å². The largest absolute Gasteiger partial charge is 0.479 e. The first-order valence-electron chi connectivity index (χ1n) is 5.01.